The minimum absolute atomic E-state index is 0.659. The number of thiol groups is 1. The van der Waals surface area contributed by atoms with Crippen LogP contribution in [0, 0.1) is 0 Å². The molecule has 252 valence electrons. The molecule has 0 saturated carbocycles. The quantitative estimate of drug-likeness (QED) is 0.137. The standard InChI is InChI=1S/C48H32ClNOSSi/c49-35-23-30-48-45(31-35)51-44-14-6-8-16-47(44)53(48,38-28-21-34(22-29-38)39-9-3-7-15-46(39)52)37-26-19-33(20-27-37)32-17-24-36(25-18-32)50-42-12-4-1-10-40(42)41-11-2-5-13-43(41)50/h1-31,52H. The Morgan fingerprint density at radius 1 is 0.472 bits per heavy atom. The molecule has 0 amide bonds. The maximum absolute atomic E-state index is 6.61. The Morgan fingerprint density at radius 2 is 1.00 bits per heavy atom. The predicted octanol–water partition coefficient (Wildman–Crippen LogP) is 10.5. The number of halogens is 1. The Bertz CT molecular complexity index is 2770. The normalized spacial score (nSPS) is 14.8. The van der Waals surface area contributed by atoms with Crippen LogP contribution >= 0.6 is 24.2 Å². The van der Waals surface area contributed by atoms with Gasteiger partial charge in [-0.1, -0.05) is 151 Å². The van der Waals surface area contributed by atoms with Crippen LogP contribution in [0.3, 0.4) is 0 Å². The molecule has 1 aliphatic heterocycles. The van der Waals surface area contributed by atoms with E-state index < -0.39 is 8.07 Å². The van der Waals surface area contributed by atoms with Crippen LogP contribution in [0.4, 0.5) is 0 Å². The number of hydrogen-bond donors (Lipinski definition) is 1. The number of fused-ring (bicyclic) bond motifs is 5. The molecule has 1 unspecified atom stereocenters. The molecule has 8 aromatic carbocycles. The average molecular weight is 734 g/mol. The van der Waals surface area contributed by atoms with Crippen LogP contribution in [0.5, 0.6) is 11.5 Å². The summed E-state index contributed by atoms with van der Waals surface area (Å²) >= 11 is 11.4. The van der Waals surface area contributed by atoms with Crippen molar-refractivity contribution in [2.75, 3.05) is 0 Å². The van der Waals surface area contributed by atoms with Gasteiger partial charge >= 0.3 is 0 Å². The van der Waals surface area contributed by atoms with Gasteiger partial charge in [-0.15, -0.1) is 12.6 Å². The van der Waals surface area contributed by atoms with Gasteiger partial charge in [0.15, 0.2) is 8.07 Å². The van der Waals surface area contributed by atoms with E-state index in [4.69, 9.17) is 29.0 Å². The molecule has 2 heterocycles. The van der Waals surface area contributed by atoms with E-state index in [0.717, 1.165) is 33.2 Å². The van der Waals surface area contributed by atoms with Gasteiger partial charge in [0.05, 0.1) is 11.0 Å². The molecule has 0 saturated heterocycles. The molecule has 2 nitrogen and oxygen atoms in total. The van der Waals surface area contributed by atoms with Gasteiger partial charge in [0.1, 0.15) is 11.5 Å². The first-order chi connectivity index (χ1) is 26.1. The summed E-state index contributed by atoms with van der Waals surface area (Å²) in [6.07, 6.45) is 0. The molecule has 9 aromatic rings. The van der Waals surface area contributed by atoms with E-state index in [1.807, 2.05) is 30.3 Å². The molecule has 1 atom stereocenters. The van der Waals surface area contributed by atoms with E-state index in [9.17, 15) is 0 Å². The van der Waals surface area contributed by atoms with E-state index in [0.29, 0.717) is 5.02 Å². The monoisotopic (exact) mass is 733 g/mol. The van der Waals surface area contributed by atoms with Gasteiger partial charge < -0.3 is 9.30 Å². The third-order valence-corrected chi connectivity index (χ3v) is 16.2. The summed E-state index contributed by atoms with van der Waals surface area (Å²) in [6.45, 7) is 0. The Balaban J connectivity index is 1.10. The number of nitrogens with zero attached hydrogens (tertiary/aromatic N) is 1. The zero-order chi connectivity index (χ0) is 35.5. The van der Waals surface area contributed by atoms with Crippen molar-refractivity contribution in [1.29, 1.82) is 0 Å². The van der Waals surface area contributed by atoms with Gasteiger partial charge in [0.2, 0.25) is 0 Å². The van der Waals surface area contributed by atoms with Crippen molar-refractivity contribution >= 4 is 74.9 Å². The van der Waals surface area contributed by atoms with E-state index >= 15 is 0 Å². The van der Waals surface area contributed by atoms with Crippen LogP contribution in [-0.2, 0) is 0 Å². The summed E-state index contributed by atoms with van der Waals surface area (Å²) in [6, 6.07) is 67.4. The first-order valence-electron chi connectivity index (χ1n) is 17.8. The lowest BCUT2D eigenvalue weighted by molar-refractivity contribution is 0.487. The molecule has 5 heteroatoms. The van der Waals surface area contributed by atoms with Crippen LogP contribution in [0.25, 0.3) is 49.7 Å². The van der Waals surface area contributed by atoms with Gasteiger partial charge in [-0.2, -0.15) is 0 Å². The third kappa shape index (κ3) is 5.09. The van der Waals surface area contributed by atoms with Crippen LogP contribution < -0.4 is 25.5 Å². The Hall–Kier alpha value is -5.78. The highest BCUT2D eigenvalue weighted by Gasteiger charge is 2.48. The summed E-state index contributed by atoms with van der Waals surface area (Å²) < 4.78 is 8.95. The number of benzene rings is 8. The molecular weight excluding hydrogens is 702 g/mol. The molecular formula is C48H32ClNOSSi. The van der Waals surface area contributed by atoms with Crippen LogP contribution in [0.15, 0.2) is 193 Å². The lowest BCUT2D eigenvalue weighted by Gasteiger charge is -2.39. The van der Waals surface area contributed by atoms with Crippen molar-refractivity contribution in [2.45, 2.75) is 4.90 Å². The zero-order valence-electron chi connectivity index (χ0n) is 28.6. The van der Waals surface area contributed by atoms with Crippen molar-refractivity contribution in [1.82, 2.24) is 4.57 Å². The Morgan fingerprint density at radius 3 is 1.66 bits per heavy atom. The molecule has 0 bridgehead atoms. The van der Waals surface area contributed by atoms with E-state index in [-0.39, 0.29) is 0 Å². The number of para-hydroxylation sites is 3. The minimum atomic E-state index is -2.86. The first-order valence-corrected chi connectivity index (χ1v) is 20.6. The highest BCUT2D eigenvalue weighted by molar-refractivity contribution is 7.80. The fraction of sp³-hybridized carbons (Fsp3) is 0. The van der Waals surface area contributed by atoms with Gasteiger partial charge in [-0.3, -0.25) is 0 Å². The van der Waals surface area contributed by atoms with E-state index in [1.54, 1.807) is 0 Å². The van der Waals surface area contributed by atoms with Crippen LogP contribution in [0.1, 0.15) is 0 Å². The summed E-state index contributed by atoms with van der Waals surface area (Å²) in [4.78, 5) is 0.960. The molecule has 0 radical (unpaired) electrons. The lowest BCUT2D eigenvalue weighted by atomic mass is 10.1. The highest BCUT2D eigenvalue weighted by atomic mass is 35.5. The lowest BCUT2D eigenvalue weighted by Crippen LogP contribution is -2.76. The number of hydrogen-bond acceptors (Lipinski definition) is 2. The fourth-order valence-corrected chi connectivity index (χ4v) is 13.7. The van der Waals surface area contributed by atoms with Crippen molar-refractivity contribution in [3.05, 3.63) is 193 Å². The molecule has 1 aliphatic rings. The van der Waals surface area contributed by atoms with Crippen molar-refractivity contribution in [3.63, 3.8) is 0 Å². The van der Waals surface area contributed by atoms with Gasteiger partial charge in [0.25, 0.3) is 0 Å². The topological polar surface area (TPSA) is 14.2 Å². The Kier molecular flexibility index (Phi) is 7.65. The summed E-state index contributed by atoms with van der Waals surface area (Å²) in [5, 5.41) is 8.16. The van der Waals surface area contributed by atoms with Crippen LogP contribution in [-0.4, -0.2) is 12.6 Å². The second-order valence-corrected chi connectivity index (χ2v) is 18.2. The van der Waals surface area contributed by atoms with Crippen molar-refractivity contribution in [2.24, 2.45) is 0 Å². The maximum atomic E-state index is 6.61. The van der Waals surface area contributed by atoms with Crippen molar-refractivity contribution < 1.29 is 4.74 Å². The number of ether oxygens (including phenoxy) is 1. The van der Waals surface area contributed by atoms with Gasteiger partial charge in [-0.05, 0) is 91.5 Å². The third-order valence-electron chi connectivity index (χ3n) is 10.7. The average Bonchev–Trinajstić information content (AvgIpc) is 3.55. The van der Waals surface area contributed by atoms with Gasteiger partial charge in [0, 0.05) is 26.4 Å². The molecule has 0 aliphatic carbocycles. The minimum Gasteiger partial charge on any atom is -0.457 e. The number of aromatic nitrogens is 1. The second-order valence-electron chi connectivity index (χ2n) is 13.6. The first kappa shape index (κ1) is 31.9. The summed E-state index contributed by atoms with van der Waals surface area (Å²) in [5.74, 6) is 1.70. The van der Waals surface area contributed by atoms with Crippen molar-refractivity contribution in [3.8, 4) is 39.4 Å². The van der Waals surface area contributed by atoms with E-state index in [1.165, 1.54) is 53.7 Å². The second kappa shape index (κ2) is 12.7. The molecule has 0 fully saturated rings. The van der Waals surface area contributed by atoms with Crippen LogP contribution in [0.2, 0.25) is 5.02 Å². The summed E-state index contributed by atoms with van der Waals surface area (Å²) in [5.41, 5.74) is 8.16. The molecule has 0 spiro atoms. The molecule has 1 aromatic heterocycles. The number of rotatable bonds is 5. The fourth-order valence-electron chi connectivity index (χ4n) is 8.34. The highest BCUT2D eigenvalue weighted by Crippen LogP contribution is 2.34. The SMILES string of the molecule is Sc1ccccc1-c1ccc([Si]2(c3ccc(-c4ccc(-n5c6ccccc6c6ccccc65)cc4)cc3)c3ccccc3Oc3cc(Cl)ccc32)cc1. The molecule has 10 rings (SSSR count). The van der Waals surface area contributed by atoms with E-state index in [2.05, 4.69) is 162 Å². The largest absolute Gasteiger partial charge is 0.457 e. The maximum Gasteiger partial charge on any atom is 0.188 e. The molecule has 0 N–H and O–H groups in total. The smallest absolute Gasteiger partial charge is 0.188 e. The predicted molar refractivity (Wildman–Crippen MR) is 228 cm³/mol. The Labute approximate surface area is 320 Å². The zero-order valence-corrected chi connectivity index (χ0v) is 31.2. The summed E-state index contributed by atoms with van der Waals surface area (Å²) in [7, 11) is -2.86. The van der Waals surface area contributed by atoms with Gasteiger partial charge in [-0.25, -0.2) is 0 Å². The molecule has 53 heavy (non-hydrogen) atoms.